The van der Waals surface area contributed by atoms with E-state index in [1.807, 2.05) is 0 Å². The Labute approximate surface area is 101 Å². The van der Waals surface area contributed by atoms with Crippen molar-refractivity contribution in [3.63, 3.8) is 0 Å². The number of sulfonamides is 1. The number of amides is 1. The van der Waals surface area contributed by atoms with Gasteiger partial charge in [0.15, 0.2) is 6.61 Å². The molecule has 1 amide bonds. The van der Waals surface area contributed by atoms with Gasteiger partial charge in [-0.3, -0.25) is 0 Å². The van der Waals surface area contributed by atoms with E-state index in [1.54, 1.807) is 6.07 Å². The second-order valence-electron chi connectivity index (χ2n) is 3.11. The molecule has 0 unspecified atom stereocenters. The van der Waals surface area contributed by atoms with Gasteiger partial charge in [-0.2, -0.15) is 13.2 Å². The highest BCUT2D eigenvalue weighted by Crippen LogP contribution is 2.14. The highest BCUT2D eigenvalue weighted by molar-refractivity contribution is 7.90. The van der Waals surface area contributed by atoms with Gasteiger partial charge in [-0.15, -0.1) is 0 Å². The van der Waals surface area contributed by atoms with Crippen LogP contribution in [-0.4, -0.2) is 27.3 Å². The lowest BCUT2D eigenvalue weighted by molar-refractivity contribution is -0.160. The molecule has 0 atom stereocenters. The summed E-state index contributed by atoms with van der Waals surface area (Å²) < 4.78 is 63.2. The third-order valence-electron chi connectivity index (χ3n) is 1.64. The summed E-state index contributed by atoms with van der Waals surface area (Å²) in [7, 11) is -4.22. The summed E-state index contributed by atoms with van der Waals surface area (Å²) >= 11 is 0. The van der Waals surface area contributed by atoms with Crippen LogP contribution in [0.25, 0.3) is 0 Å². The summed E-state index contributed by atoms with van der Waals surface area (Å²) in [5.41, 5.74) is 0. The number of nitrogens with one attached hydrogen (secondary N) is 1. The molecule has 1 rings (SSSR count). The van der Waals surface area contributed by atoms with Gasteiger partial charge in [-0.25, -0.2) is 17.9 Å². The molecular weight excluding hydrogens is 275 g/mol. The number of rotatable bonds is 3. The summed E-state index contributed by atoms with van der Waals surface area (Å²) in [6.07, 6.45) is -6.40. The Morgan fingerprint density at radius 1 is 1.22 bits per heavy atom. The fourth-order valence-corrected chi connectivity index (χ4v) is 1.86. The van der Waals surface area contributed by atoms with Gasteiger partial charge in [-0.05, 0) is 12.1 Å². The van der Waals surface area contributed by atoms with Crippen molar-refractivity contribution in [2.24, 2.45) is 0 Å². The fraction of sp³-hybridized carbons (Fsp3) is 0.222. The van der Waals surface area contributed by atoms with Crippen LogP contribution >= 0.6 is 0 Å². The lowest BCUT2D eigenvalue weighted by atomic mass is 10.4. The van der Waals surface area contributed by atoms with Gasteiger partial charge in [0.2, 0.25) is 0 Å². The van der Waals surface area contributed by atoms with Gasteiger partial charge >= 0.3 is 12.3 Å². The first-order valence-electron chi connectivity index (χ1n) is 4.52. The minimum absolute atomic E-state index is 0.256. The van der Waals surface area contributed by atoms with E-state index >= 15 is 0 Å². The summed E-state index contributed by atoms with van der Waals surface area (Å²) in [4.78, 5) is 10.6. The van der Waals surface area contributed by atoms with E-state index in [0.29, 0.717) is 0 Å². The number of halogens is 3. The van der Waals surface area contributed by atoms with E-state index in [2.05, 4.69) is 4.74 Å². The van der Waals surface area contributed by atoms with Crippen LogP contribution in [0.2, 0.25) is 0 Å². The standard InChI is InChI=1S/C9H8F3NO4S/c10-9(11,12)6-17-8(14)13-18(15,16)7-4-2-1-3-5-7/h1-5H,6H2,(H,13,14). The van der Waals surface area contributed by atoms with Gasteiger partial charge in [0.25, 0.3) is 10.0 Å². The van der Waals surface area contributed by atoms with Gasteiger partial charge in [0.1, 0.15) is 0 Å². The molecule has 0 spiro atoms. The summed E-state index contributed by atoms with van der Waals surface area (Å²) in [6, 6.07) is 6.70. The number of hydrogen-bond acceptors (Lipinski definition) is 4. The average molecular weight is 283 g/mol. The maximum atomic E-state index is 11.7. The van der Waals surface area contributed by atoms with Gasteiger partial charge in [0, 0.05) is 0 Å². The predicted octanol–water partition coefficient (Wildman–Crippen LogP) is 1.66. The summed E-state index contributed by atoms with van der Waals surface area (Å²) in [5.74, 6) is 0. The highest BCUT2D eigenvalue weighted by Gasteiger charge is 2.30. The van der Waals surface area contributed by atoms with Crippen LogP contribution in [0.15, 0.2) is 35.2 Å². The first kappa shape index (κ1) is 14.3. The molecule has 18 heavy (non-hydrogen) atoms. The van der Waals surface area contributed by atoms with Crippen molar-refractivity contribution in [2.75, 3.05) is 6.61 Å². The van der Waals surface area contributed by atoms with Crippen molar-refractivity contribution in [2.45, 2.75) is 11.1 Å². The lowest BCUT2D eigenvalue weighted by Crippen LogP contribution is -2.33. The van der Waals surface area contributed by atoms with Crippen molar-refractivity contribution in [3.05, 3.63) is 30.3 Å². The van der Waals surface area contributed by atoms with Crippen molar-refractivity contribution >= 4 is 16.1 Å². The topological polar surface area (TPSA) is 72.5 Å². The molecule has 0 radical (unpaired) electrons. The minimum Gasteiger partial charge on any atom is -0.439 e. The molecule has 5 nitrogen and oxygen atoms in total. The Balaban J connectivity index is 2.65. The summed E-state index contributed by atoms with van der Waals surface area (Å²) in [5, 5.41) is 0. The molecule has 0 fully saturated rings. The molecule has 9 heteroatoms. The van der Waals surface area contributed by atoms with Gasteiger partial charge < -0.3 is 4.74 Å². The predicted molar refractivity (Wildman–Crippen MR) is 54.2 cm³/mol. The monoisotopic (exact) mass is 283 g/mol. The second-order valence-corrected chi connectivity index (χ2v) is 4.79. The summed E-state index contributed by atoms with van der Waals surface area (Å²) in [6.45, 7) is -1.86. The van der Waals surface area contributed by atoms with E-state index in [-0.39, 0.29) is 4.90 Å². The number of carbonyl (C=O) groups is 1. The molecule has 1 aromatic rings. The maximum absolute atomic E-state index is 11.7. The Bertz CT molecular complexity index is 512. The molecule has 1 aromatic carbocycles. The van der Waals surface area contributed by atoms with Crippen molar-refractivity contribution in [1.29, 1.82) is 0 Å². The average Bonchev–Trinajstić information content (AvgIpc) is 2.26. The van der Waals surface area contributed by atoms with Crippen molar-refractivity contribution in [1.82, 2.24) is 4.72 Å². The quantitative estimate of drug-likeness (QED) is 0.915. The van der Waals surface area contributed by atoms with Gasteiger partial charge in [-0.1, -0.05) is 18.2 Å². The van der Waals surface area contributed by atoms with Crippen LogP contribution in [0.4, 0.5) is 18.0 Å². The van der Waals surface area contributed by atoms with Crippen LogP contribution < -0.4 is 4.72 Å². The molecule has 0 saturated heterocycles. The number of carbonyl (C=O) groups excluding carboxylic acids is 1. The minimum atomic E-state index is -4.71. The van der Waals surface area contributed by atoms with Crippen molar-refractivity contribution < 1.29 is 31.1 Å². The first-order valence-corrected chi connectivity index (χ1v) is 6.00. The fourth-order valence-electron chi connectivity index (χ4n) is 0.945. The van der Waals surface area contributed by atoms with E-state index in [9.17, 15) is 26.4 Å². The lowest BCUT2D eigenvalue weighted by Gasteiger charge is -2.09. The zero-order valence-corrected chi connectivity index (χ0v) is 9.59. The molecule has 0 aromatic heterocycles. The van der Waals surface area contributed by atoms with E-state index < -0.39 is 28.9 Å². The molecule has 0 saturated carbocycles. The van der Waals surface area contributed by atoms with E-state index in [0.717, 1.165) is 0 Å². The van der Waals surface area contributed by atoms with Crippen LogP contribution in [0.5, 0.6) is 0 Å². The van der Waals surface area contributed by atoms with Crippen molar-refractivity contribution in [3.8, 4) is 0 Å². The van der Waals surface area contributed by atoms with Gasteiger partial charge in [0.05, 0.1) is 4.90 Å². The van der Waals surface area contributed by atoms with E-state index in [1.165, 1.54) is 29.0 Å². The zero-order valence-electron chi connectivity index (χ0n) is 8.77. The Hall–Kier alpha value is -1.77. The molecule has 0 aliphatic heterocycles. The molecule has 0 aliphatic carbocycles. The zero-order chi connectivity index (χ0) is 13.8. The van der Waals surface area contributed by atoms with Crippen LogP contribution in [-0.2, 0) is 14.8 Å². The molecular formula is C9H8F3NO4S. The molecule has 0 bridgehead atoms. The number of hydrogen-bond donors (Lipinski definition) is 1. The van der Waals surface area contributed by atoms with Crippen LogP contribution in [0.3, 0.4) is 0 Å². The first-order chi connectivity index (χ1) is 8.21. The normalized spacial score (nSPS) is 11.9. The molecule has 0 heterocycles. The van der Waals surface area contributed by atoms with Crippen LogP contribution in [0.1, 0.15) is 0 Å². The SMILES string of the molecule is O=C(NS(=O)(=O)c1ccccc1)OCC(F)(F)F. The largest absolute Gasteiger partial charge is 0.439 e. The number of benzene rings is 1. The Morgan fingerprint density at radius 2 is 1.78 bits per heavy atom. The Morgan fingerprint density at radius 3 is 2.28 bits per heavy atom. The maximum Gasteiger partial charge on any atom is 0.422 e. The highest BCUT2D eigenvalue weighted by atomic mass is 32.2. The molecule has 1 N–H and O–H groups in total. The Kier molecular flexibility index (Phi) is 4.17. The molecule has 100 valence electrons. The second kappa shape index (κ2) is 5.25. The third-order valence-corrected chi connectivity index (χ3v) is 2.97. The third kappa shape index (κ3) is 4.62. The smallest absolute Gasteiger partial charge is 0.422 e. The molecule has 0 aliphatic rings. The van der Waals surface area contributed by atoms with E-state index in [4.69, 9.17) is 0 Å². The van der Waals surface area contributed by atoms with Crippen LogP contribution in [0, 0.1) is 0 Å². The number of alkyl halides is 3. The number of ether oxygens (including phenoxy) is 1.